The third-order valence-electron chi connectivity index (χ3n) is 4.63. The van der Waals surface area contributed by atoms with E-state index in [2.05, 4.69) is 16.7 Å². The van der Waals surface area contributed by atoms with Crippen LogP contribution in [-0.2, 0) is 0 Å². The molecule has 4 heteroatoms. The van der Waals surface area contributed by atoms with Crippen molar-refractivity contribution < 1.29 is 0 Å². The SMILES string of the molecule is N#Cc1ccc(Cl)cc1NC1CCCC1C1CCCN1. The zero-order chi connectivity index (χ0) is 13.9. The maximum atomic E-state index is 9.22. The summed E-state index contributed by atoms with van der Waals surface area (Å²) in [5, 5.41) is 17.1. The molecular weight excluding hydrogens is 270 g/mol. The highest BCUT2D eigenvalue weighted by atomic mass is 35.5. The second kappa shape index (κ2) is 6.03. The molecule has 1 saturated heterocycles. The minimum Gasteiger partial charge on any atom is -0.381 e. The molecule has 0 spiro atoms. The Bertz CT molecular complexity index is 517. The van der Waals surface area contributed by atoms with E-state index < -0.39 is 0 Å². The van der Waals surface area contributed by atoms with E-state index in [-0.39, 0.29) is 0 Å². The number of nitrogens with zero attached hydrogens (tertiary/aromatic N) is 1. The largest absolute Gasteiger partial charge is 0.381 e. The van der Waals surface area contributed by atoms with Crippen LogP contribution >= 0.6 is 11.6 Å². The molecule has 3 nitrogen and oxygen atoms in total. The molecule has 1 aromatic carbocycles. The van der Waals surface area contributed by atoms with Crippen molar-refractivity contribution in [2.45, 2.75) is 44.2 Å². The first-order valence-electron chi connectivity index (χ1n) is 7.47. The Kier molecular flexibility index (Phi) is 4.14. The molecule has 1 aromatic rings. The van der Waals surface area contributed by atoms with Gasteiger partial charge in [-0.3, -0.25) is 0 Å². The summed E-state index contributed by atoms with van der Waals surface area (Å²) in [6.45, 7) is 1.15. The number of halogens is 1. The van der Waals surface area contributed by atoms with Crippen LogP contribution in [0.4, 0.5) is 5.69 Å². The van der Waals surface area contributed by atoms with Crippen molar-refractivity contribution in [3.8, 4) is 6.07 Å². The van der Waals surface area contributed by atoms with Crippen LogP contribution in [0, 0.1) is 17.2 Å². The van der Waals surface area contributed by atoms with E-state index in [4.69, 9.17) is 11.6 Å². The van der Waals surface area contributed by atoms with Crippen molar-refractivity contribution in [3.63, 3.8) is 0 Å². The molecule has 1 aliphatic carbocycles. The third kappa shape index (κ3) is 2.77. The van der Waals surface area contributed by atoms with E-state index in [1.165, 1.54) is 32.1 Å². The third-order valence-corrected chi connectivity index (χ3v) is 4.86. The Morgan fingerprint density at radius 1 is 1.25 bits per heavy atom. The van der Waals surface area contributed by atoms with Crippen LogP contribution in [-0.4, -0.2) is 18.6 Å². The van der Waals surface area contributed by atoms with Crippen molar-refractivity contribution in [1.82, 2.24) is 5.32 Å². The van der Waals surface area contributed by atoms with Gasteiger partial charge in [-0.1, -0.05) is 18.0 Å². The first-order valence-corrected chi connectivity index (χ1v) is 7.85. The molecule has 106 valence electrons. The number of hydrogen-bond acceptors (Lipinski definition) is 3. The lowest BCUT2D eigenvalue weighted by molar-refractivity contribution is 0.376. The van der Waals surface area contributed by atoms with Gasteiger partial charge in [-0.2, -0.15) is 5.26 Å². The van der Waals surface area contributed by atoms with Crippen molar-refractivity contribution in [2.75, 3.05) is 11.9 Å². The van der Waals surface area contributed by atoms with Gasteiger partial charge in [-0.25, -0.2) is 0 Å². The fourth-order valence-corrected chi connectivity index (χ4v) is 3.83. The summed E-state index contributed by atoms with van der Waals surface area (Å²) in [7, 11) is 0. The predicted octanol–water partition coefficient (Wildman–Crippen LogP) is 3.54. The van der Waals surface area contributed by atoms with E-state index >= 15 is 0 Å². The van der Waals surface area contributed by atoms with E-state index in [0.29, 0.717) is 28.6 Å². The Morgan fingerprint density at radius 2 is 2.15 bits per heavy atom. The summed E-state index contributed by atoms with van der Waals surface area (Å²) >= 11 is 6.06. The maximum Gasteiger partial charge on any atom is 0.101 e. The van der Waals surface area contributed by atoms with Gasteiger partial charge in [0.15, 0.2) is 0 Å². The number of nitrogens with one attached hydrogen (secondary N) is 2. The molecule has 0 aromatic heterocycles. The van der Waals surface area contributed by atoms with Gasteiger partial charge in [-0.15, -0.1) is 0 Å². The van der Waals surface area contributed by atoms with Crippen LogP contribution in [0.2, 0.25) is 5.02 Å². The molecule has 0 bridgehead atoms. The van der Waals surface area contributed by atoms with Crippen LogP contribution < -0.4 is 10.6 Å². The molecule has 1 saturated carbocycles. The van der Waals surface area contributed by atoms with Gasteiger partial charge in [-0.05, 0) is 56.3 Å². The number of benzene rings is 1. The quantitative estimate of drug-likeness (QED) is 0.895. The molecule has 1 heterocycles. The smallest absolute Gasteiger partial charge is 0.101 e. The fourth-order valence-electron chi connectivity index (χ4n) is 3.66. The Hall–Kier alpha value is -1.24. The van der Waals surface area contributed by atoms with Crippen molar-refractivity contribution in [1.29, 1.82) is 5.26 Å². The Balaban J connectivity index is 1.76. The first kappa shape index (κ1) is 13.7. The highest BCUT2D eigenvalue weighted by molar-refractivity contribution is 6.30. The van der Waals surface area contributed by atoms with Crippen LogP contribution in [0.5, 0.6) is 0 Å². The van der Waals surface area contributed by atoms with Crippen molar-refractivity contribution in [3.05, 3.63) is 28.8 Å². The minimum atomic E-state index is 0.455. The Morgan fingerprint density at radius 3 is 2.90 bits per heavy atom. The highest BCUT2D eigenvalue weighted by Gasteiger charge is 2.35. The van der Waals surface area contributed by atoms with Gasteiger partial charge in [0, 0.05) is 17.1 Å². The summed E-state index contributed by atoms with van der Waals surface area (Å²) in [6, 6.07) is 8.78. The number of nitriles is 1. The van der Waals surface area contributed by atoms with E-state index in [0.717, 1.165) is 12.2 Å². The molecule has 20 heavy (non-hydrogen) atoms. The second-order valence-corrected chi connectivity index (χ2v) is 6.29. The molecule has 3 atom stereocenters. The zero-order valence-electron chi connectivity index (χ0n) is 11.5. The molecule has 1 aliphatic heterocycles. The molecule has 3 unspecified atom stereocenters. The van der Waals surface area contributed by atoms with Crippen molar-refractivity contribution >= 4 is 17.3 Å². The molecule has 0 radical (unpaired) electrons. The summed E-state index contributed by atoms with van der Waals surface area (Å²) in [4.78, 5) is 0. The molecule has 3 rings (SSSR count). The van der Waals surface area contributed by atoms with Gasteiger partial charge < -0.3 is 10.6 Å². The summed E-state index contributed by atoms with van der Waals surface area (Å²) in [5.74, 6) is 0.669. The lowest BCUT2D eigenvalue weighted by atomic mass is 9.93. The van der Waals surface area contributed by atoms with Crippen LogP contribution in [0.25, 0.3) is 0 Å². The Labute approximate surface area is 125 Å². The van der Waals surface area contributed by atoms with E-state index in [9.17, 15) is 5.26 Å². The lowest BCUT2D eigenvalue weighted by Gasteiger charge is -2.27. The van der Waals surface area contributed by atoms with Crippen molar-refractivity contribution in [2.24, 2.45) is 5.92 Å². The van der Waals surface area contributed by atoms with Gasteiger partial charge in [0.25, 0.3) is 0 Å². The average Bonchev–Trinajstić information content (AvgIpc) is 3.09. The summed E-state index contributed by atoms with van der Waals surface area (Å²) < 4.78 is 0. The van der Waals surface area contributed by atoms with Crippen LogP contribution in [0.1, 0.15) is 37.7 Å². The van der Waals surface area contributed by atoms with E-state index in [1.54, 1.807) is 12.1 Å². The summed E-state index contributed by atoms with van der Waals surface area (Å²) in [6.07, 6.45) is 6.29. The average molecular weight is 290 g/mol. The molecular formula is C16H20ClN3. The fraction of sp³-hybridized carbons (Fsp3) is 0.562. The standard InChI is InChI=1S/C16H20ClN3/c17-12-7-6-11(10-18)16(9-12)20-15-4-1-3-13(15)14-5-2-8-19-14/h6-7,9,13-15,19-20H,1-5,8H2. The predicted molar refractivity (Wildman–Crippen MR) is 81.9 cm³/mol. The van der Waals surface area contributed by atoms with Gasteiger partial charge >= 0.3 is 0 Å². The molecule has 2 N–H and O–H groups in total. The maximum absolute atomic E-state index is 9.22. The first-order chi connectivity index (χ1) is 9.78. The van der Waals surface area contributed by atoms with E-state index in [1.807, 2.05) is 6.07 Å². The van der Waals surface area contributed by atoms with Gasteiger partial charge in [0.1, 0.15) is 6.07 Å². The normalized spacial score (nSPS) is 29.3. The number of rotatable bonds is 3. The van der Waals surface area contributed by atoms with Crippen LogP contribution in [0.15, 0.2) is 18.2 Å². The number of anilines is 1. The second-order valence-electron chi connectivity index (χ2n) is 5.85. The topological polar surface area (TPSA) is 47.9 Å². The molecule has 2 fully saturated rings. The lowest BCUT2D eigenvalue weighted by Crippen LogP contribution is -2.38. The monoisotopic (exact) mass is 289 g/mol. The van der Waals surface area contributed by atoms with Gasteiger partial charge in [0.05, 0.1) is 11.3 Å². The van der Waals surface area contributed by atoms with Crippen LogP contribution in [0.3, 0.4) is 0 Å². The minimum absolute atomic E-state index is 0.455. The highest BCUT2D eigenvalue weighted by Crippen LogP contribution is 2.35. The zero-order valence-corrected chi connectivity index (χ0v) is 12.3. The molecule has 2 aliphatic rings. The van der Waals surface area contributed by atoms with Gasteiger partial charge in [0.2, 0.25) is 0 Å². The molecule has 0 amide bonds. The number of hydrogen-bond donors (Lipinski definition) is 2. The summed E-state index contributed by atoms with van der Waals surface area (Å²) in [5.41, 5.74) is 1.56.